The molecule has 2 heterocycles. The zero-order valence-corrected chi connectivity index (χ0v) is 15.4. The van der Waals surface area contributed by atoms with Crippen LogP contribution in [0, 0.1) is 19.7 Å². The molecule has 6 nitrogen and oxygen atoms in total. The fourth-order valence-corrected chi connectivity index (χ4v) is 3.21. The first-order chi connectivity index (χ1) is 13.5. The van der Waals surface area contributed by atoms with Crippen LogP contribution in [0.2, 0.25) is 0 Å². The van der Waals surface area contributed by atoms with E-state index < -0.39 is 12.1 Å². The SMILES string of the molecule is Cc1noc([C@@H](OC(=O)Cc2c(C)[nH]c3ccc(F)cc23)c2ccccc2)n1. The first-order valence-corrected chi connectivity index (χ1v) is 8.82. The van der Waals surface area contributed by atoms with Crippen molar-refractivity contribution in [2.45, 2.75) is 26.4 Å². The molecule has 0 fully saturated rings. The van der Waals surface area contributed by atoms with Gasteiger partial charge >= 0.3 is 5.97 Å². The number of hydrogen-bond acceptors (Lipinski definition) is 5. The fourth-order valence-electron chi connectivity index (χ4n) is 3.21. The van der Waals surface area contributed by atoms with Gasteiger partial charge in [0, 0.05) is 22.2 Å². The van der Waals surface area contributed by atoms with Crippen molar-refractivity contribution in [3.05, 3.63) is 82.9 Å². The van der Waals surface area contributed by atoms with Gasteiger partial charge in [0.05, 0.1) is 6.42 Å². The maximum Gasteiger partial charge on any atom is 0.311 e. The average Bonchev–Trinajstić information content (AvgIpc) is 3.24. The second kappa shape index (κ2) is 7.26. The van der Waals surface area contributed by atoms with E-state index in [1.54, 1.807) is 13.0 Å². The summed E-state index contributed by atoms with van der Waals surface area (Å²) < 4.78 is 24.6. The van der Waals surface area contributed by atoms with Crippen LogP contribution in [0.3, 0.4) is 0 Å². The second-order valence-corrected chi connectivity index (χ2v) is 6.56. The van der Waals surface area contributed by atoms with Crippen LogP contribution in [0.5, 0.6) is 0 Å². The van der Waals surface area contributed by atoms with Gasteiger partial charge < -0.3 is 14.2 Å². The van der Waals surface area contributed by atoms with Crippen molar-refractivity contribution >= 4 is 16.9 Å². The maximum atomic E-state index is 13.7. The Hall–Kier alpha value is -3.48. The van der Waals surface area contributed by atoms with Crippen LogP contribution >= 0.6 is 0 Å². The molecule has 0 spiro atoms. The number of H-pyrrole nitrogens is 1. The lowest BCUT2D eigenvalue weighted by atomic mass is 10.1. The summed E-state index contributed by atoms with van der Waals surface area (Å²) in [7, 11) is 0. The molecule has 4 aromatic rings. The number of benzene rings is 2. The van der Waals surface area contributed by atoms with Gasteiger partial charge in [-0.25, -0.2) is 4.39 Å². The van der Waals surface area contributed by atoms with Crippen LogP contribution in [-0.2, 0) is 16.0 Å². The molecule has 142 valence electrons. The predicted molar refractivity (Wildman–Crippen MR) is 100 cm³/mol. The van der Waals surface area contributed by atoms with E-state index in [2.05, 4.69) is 15.1 Å². The summed E-state index contributed by atoms with van der Waals surface area (Å²) in [6.07, 6.45) is -0.816. The number of hydrogen-bond donors (Lipinski definition) is 1. The maximum absolute atomic E-state index is 13.7. The van der Waals surface area contributed by atoms with E-state index >= 15 is 0 Å². The molecule has 0 unspecified atom stereocenters. The largest absolute Gasteiger partial charge is 0.447 e. The zero-order chi connectivity index (χ0) is 19.7. The summed E-state index contributed by atoms with van der Waals surface area (Å²) in [6, 6.07) is 13.6. The third-order valence-corrected chi connectivity index (χ3v) is 4.52. The first-order valence-electron chi connectivity index (χ1n) is 8.82. The van der Waals surface area contributed by atoms with Crippen molar-refractivity contribution in [3.8, 4) is 0 Å². The Balaban J connectivity index is 1.62. The summed E-state index contributed by atoms with van der Waals surface area (Å²) >= 11 is 0. The lowest BCUT2D eigenvalue weighted by Crippen LogP contribution is -2.15. The summed E-state index contributed by atoms with van der Waals surface area (Å²) in [5.74, 6) is -0.170. The second-order valence-electron chi connectivity index (χ2n) is 6.56. The standard InChI is InChI=1S/C21H18FN3O3/c1-12-16(17-10-15(22)8-9-18(17)23-12)11-19(26)27-20(14-6-4-3-5-7-14)21-24-13(2)25-28-21/h3-10,20,23H,11H2,1-2H3/t20-/m0/s1. The number of carbonyl (C=O) groups is 1. The molecule has 7 heteroatoms. The van der Waals surface area contributed by atoms with E-state index in [4.69, 9.17) is 9.26 Å². The van der Waals surface area contributed by atoms with E-state index in [-0.39, 0.29) is 18.1 Å². The topological polar surface area (TPSA) is 81.0 Å². The molecule has 0 bridgehead atoms. The highest BCUT2D eigenvalue weighted by molar-refractivity contribution is 5.88. The highest BCUT2D eigenvalue weighted by Gasteiger charge is 2.25. The number of esters is 1. The molecule has 0 radical (unpaired) electrons. The van der Waals surface area contributed by atoms with Gasteiger partial charge in [-0.05, 0) is 37.6 Å². The monoisotopic (exact) mass is 379 g/mol. The smallest absolute Gasteiger partial charge is 0.311 e. The van der Waals surface area contributed by atoms with Gasteiger partial charge in [0.15, 0.2) is 5.82 Å². The van der Waals surface area contributed by atoms with Gasteiger partial charge in [0.25, 0.3) is 5.89 Å². The molecule has 4 rings (SSSR count). The average molecular weight is 379 g/mol. The molecular weight excluding hydrogens is 361 g/mol. The normalized spacial score (nSPS) is 12.2. The van der Waals surface area contributed by atoms with E-state index in [0.29, 0.717) is 16.8 Å². The van der Waals surface area contributed by atoms with Crippen molar-refractivity contribution in [1.82, 2.24) is 15.1 Å². The van der Waals surface area contributed by atoms with Crippen molar-refractivity contribution in [3.63, 3.8) is 0 Å². The summed E-state index contributed by atoms with van der Waals surface area (Å²) in [6.45, 7) is 3.54. The first kappa shape index (κ1) is 17.9. The number of ether oxygens (including phenoxy) is 1. The minimum absolute atomic E-state index is 0.00819. The third kappa shape index (κ3) is 3.51. The number of nitrogens with zero attached hydrogens (tertiary/aromatic N) is 2. The molecule has 0 amide bonds. The van der Waals surface area contributed by atoms with Crippen LogP contribution in [-0.4, -0.2) is 21.1 Å². The Labute approximate surface area is 160 Å². The highest BCUT2D eigenvalue weighted by Crippen LogP contribution is 2.27. The molecule has 1 atom stereocenters. The molecule has 0 saturated carbocycles. The van der Waals surface area contributed by atoms with Crippen molar-refractivity contribution in [1.29, 1.82) is 0 Å². The Kier molecular flexibility index (Phi) is 4.65. The molecule has 2 aromatic heterocycles. The minimum atomic E-state index is -0.808. The van der Waals surface area contributed by atoms with Crippen LogP contribution in [0.15, 0.2) is 53.1 Å². The van der Waals surface area contributed by atoms with E-state index in [1.807, 2.05) is 37.3 Å². The highest BCUT2D eigenvalue weighted by atomic mass is 19.1. The molecule has 0 aliphatic carbocycles. The van der Waals surface area contributed by atoms with Gasteiger partial charge in [-0.2, -0.15) is 4.98 Å². The number of rotatable bonds is 5. The number of aromatic amines is 1. The molecule has 0 aliphatic rings. The summed E-state index contributed by atoms with van der Waals surface area (Å²) in [5.41, 5.74) is 2.99. The molecule has 1 N–H and O–H groups in total. The predicted octanol–water partition coefficient (Wildman–Crippen LogP) is 4.18. The van der Waals surface area contributed by atoms with Crippen molar-refractivity contribution in [2.75, 3.05) is 0 Å². The quantitative estimate of drug-likeness (QED) is 0.526. The number of aryl methyl sites for hydroxylation is 2. The third-order valence-electron chi connectivity index (χ3n) is 4.52. The lowest BCUT2D eigenvalue weighted by Gasteiger charge is -2.15. The molecular formula is C21H18FN3O3. The zero-order valence-electron chi connectivity index (χ0n) is 15.4. The van der Waals surface area contributed by atoms with E-state index in [1.165, 1.54) is 12.1 Å². The molecule has 0 aliphatic heterocycles. The summed E-state index contributed by atoms with van der Waals surface area (Å²) in [4.78, 5) is 20.1. The van der Waals surface area contributed by atoms with Crippen molar-refractivity contribution < 1.29 is 18.4 Å². The van der Waals surface area contributed by atoms with Crippen molar-refractivity contribution in [2.24, 2.45) is 0 Å². The van der Waals surface area contributed by atoms with E-state index in [9.17, 15) is 9.18 Å². The van der Waals surface area contributed by atoms with Crippen LogP contribution in [0.1, 0.15) is 34.6 Å². The Bertz CT molecular complexity index is 1130. The Morgan fingerprint density at radius 3 is 2.71 bits per heavy atom. The Morgan fingerprint density at radius 1 is 1.21 bits per heavy atom. The fraction of sp³-hybridized carbons (Fsp3) is 0.190. The lowest BCUT2D eigenvalue weighted by molar-refractivity contribution is -0.147. The Morgan fingerprint density at radius 2 is 2.00 bits per heavy atom. The van der Waals surface area contributed by atoms with E-state index in [0.717, 1.165) is 16.8 Å². The summed E-state index contributed by atoms with van der Waals surface area (Å²) in [5, 5.41) is 4.45. The van der Waals surface area contributed by atoms with Gasteiger partial charge in [-0.15, -0.1) is 0 Å². The van der Waals surface area contributed by atoms with Crippen LogP contribution in [0.4, 0.5) is 4.39 Å². The van der Waals surface area contributed by atoms with Gasteiger partial charge in [-0.1, -0.05) is 35.5 Å². The van der Waals surface area contributed by atoms with Crippen LogP contribution in [0.25, 0.3) is 10.9 Å². The van der Waals surface area contributed by atoms with Gasteiger partial charge in [0.2, 0.25) is 6.10 Å². The number of halogens is 1. The number of carbonyl (C=O) groups excluding carboxylic acids is 1. The van der Waals surface area contributed by atoms with Gasteiger partial charge in [-0.3, -0.25) is 4.79 Å². The minimum Gasteiger partial charge on any atom is -0.447 e. The molecule has 2 aromatic carbocycles. The van der Waals surface area contributed by atoms with Gasteiger partial charge in [0.1, 0.15) is 5.82 Å². The number of aromatic nitrogens is 3. The number of fused-ring (bicyclic) bond motifs is 1. The van der Waals surface area contributed by atoms with Crippen LogP contribution < -0.4 is 0 Å². The number of nitrogens with one attached hydrogen (secondary N) is 1. The molecule has 0 saturated heterocycles. The molecule has 28 heavy (non-hydrogen) atoms.